The first-order chi connectivity index (χ1) is 5.75. The van der Waals surface area contributed by atoms with Gasteiger partial charge in [-0.3, -0.25) is 0 Å². The summed E-state index contributed by atoms with van der Waals surface area (Å²) in [6.07, 6.45) is 7.59. The maximum absolute atomic E-state index is 5.35. The van der Waals surface area contributed by atoms with E-state index in [9.17, 15) is 0 Å². The first-order valence-electron chi connectivity index (χ1n) is 4.14. The summed E-state index contributed by atoms with van der Waals surface area (Å²) in [4.78, 5) is 4.07. The lowest BCUT2D eigenvalue weighted by molar-refractivity contribution is 0.595. The number of nitrogens with two attached hydrogens (primary N) is 1. The fourth-order valence-corrected chi connectivity index (χ4v) is 1.06. The van der Waals surface area contributed by atoms with E-state index < -0.39 is 0 Å². The smallest absolute Gasteiger partial charge is 0.0953 e. The molecular weight excluding hydrogens is 150 g/mol. The van der Waals surface area contributed by atoms with Gasteiger partial charge < -0.3 is 10.3 Å². The molecule has 0 atom stereocenters. The van der Waals surface area contributed by atoms with Crippen LogP contribution in [-0.2, 0) is 0 Å². The fraction of sp³-hybridized carbons (Fsp3) is 0.444. The quantitative estimate of drug-likeness (QED) is 0.736. The lowest BCUT2D eigenvalue weighted by Gasteiger charge is -2.08. The predicted octanol–water partition coefficient (Wildman–Crippen LogP) is 1.44. The molecule has 0 radical (unpaired) electrons. The van der Waals surface area contributed by atoms with Crippen molar-refractivity contribution in [1.29, 1.82) is 0 Å². The molecule has 3 heteroatoms. The summed E-state index contributed by atoms with van der Waals surface area (Å²) >= 11 is 0. The van der Waals surface area contributed by atoms with Crippen LogP contribution in [0.2, 0.25) is 0 Å². The Morgan fingerprint density at radius 2 is 2.42 bits per heavy atom. The molecule has 0 saturated heterocycles. The van der Waals surface area contributed by atoms with E-state index in [0.29, 0.717) is 12.6 Å². The van der Waals surface area contributed by atoms with E-state index in [1.165, 1.54) is 0 Å². The van der Waals surface area contributed by atoms with Crippen LogP contribution in [0, 0.1) is 0 Å². The third-order valence-corrected chi connectivity index (χ3v) is 1.68. The SMILES string of the molecule is CC(C)n1cncc1C=CCN. The summed E-state index contributed by atoms with van der Waals surface area (Å²) < 4.78 is 2.10. The first-order valence-corrected chi connectivity index (χ1v) is 4.14. The van der Waals surface area contributed by atoms with Crippen LogP contribution in [0.1, 0.15) is 25.6 Å². The molecular formula is C9H15N3. The van der Waals surface area contributed by atoms with Gasteiger partial charge in [0, 0.05) is 12.6 Å². The summed E-state index contributed by atoms with van der Waals surface area (Å²) in [6, 6.07) is 0.449. The number of hydrogen-bond donors (Lipinski definition) is 1. The van der Waals surface area contributed by atoms with Crippen molar-refractivity contribution in [2.45, 2.75) is 19.9 Å². The van der Waals surface area contributed by atoms with Crippen LogP contribution in [-0.4, -0.2) is 16.1 Å². The Hall–Kier alpha value is -1.09. The Kier molecular flexibility index (Phi) is 3.05. The maximum atomic E-state index is 5.35. The minimum Gasteiger partial charge on any atom is -0.329 e. The van der Waals surface area contributed by atoms with Crippen molar-refractivity contribution in [2.75, 3.05) is 6.54 Å². The van der Waals surface area contributed by atoms with Crippen molar-refractivity contribution in [2.24, 2.45) is 5.73 Å². The zero-order valence-electron chi connectivity index (χ0n) is 7.57. The predicted molar refractivity (Wildman–Crippen MR) is 50.7 cm³/mol. The molecule has 0 saturated carbocycles. The molecule has 0 aliphatic rings. The normalized spacial score (nSPS) is 11.7. The summed E-state index contributed by atoms with van der Waals surface area (Å²) in [6.45, 7) is 4.83. The lowest BCUT2D eigenvalue weighted by atomic mass is 10.3. The van der Waals surface area contributed by atoms with Gasteiger partial charge in [0.1, 0.15) is 0 Å². The van der Waals surface area contributed by atoms with Crippen LogP contribution < -0.4 is 5.73 Å². The fourth-order valence-electron chi connectivity index (χ4n) is 1.06. The molecule has 1 rings (SSSR count). The largest absolute Gasteiger partial charge is 0.329 e. The Balaban J connectivity index is 2.84. The highest BCUT2D eigenvalue weighted by molar-refractivity contribution is 5.44. The summed E-state index contributed by atoms with van der Waals surface area (Å²) in [5.74, 6) is 0. The molecule has 0 amide bonds. The van der Waals surface area contributed by atoms with Crippen molar-refractivity contribution < 1.29 is 0 Å². The van der Waals surface area contributed by atoms with Gasteiger partial charge in [-0.1, -0.05) is 6.08 Å². The second kappa shape index (κ2) is 4.07. The van der Waals surface area contributed by atoms with Gasteiger partial charge in [-0.15, -0.1) is 0 Å². The van der Waals surface area contributed by atoms with Gasteiger partial charge in [0.25, 0.3) is 0 Å². The standard InChI is InChI=1S/C9H15N3/c1-8(2)12-7-11-6-9(12)4-3-5-10/h3-4,6-8H,5,10H2,1-2H3. The molecule has 3 nitrogen and oxygen atoms in total. The molecule has 2 N–H and O–H groups in total. The summed E-state index contributed by atoms with van der Waals surface area (Å²) in [5.41, 5.74) is 6.46. The topological polar surface area (TPSA) is 43.8 Å². The number of aromatic nitrogens is 2. The first kappa shape index (κ1) is 9.00. The van der Waals surface area contributed by atoms with Crippen molar-refractivity contribution in [3.8, 4) is 0 Å². The van der Waals surface area contributed by atoms with E-state index in [-0.39, 0.29) is 0 Å². The summed E-state index contributed by atoms with van der Waals surface area (Å²) in [5, 5.41) is 0. The number of rotatable bonds is 3. The van der Waals surface area contributed by atoms with Crippen LogP contribution >= 0.6 is 0 Å². The highest BCUT2D eigenvalue weighted by Crippen LogP contribution is 2.09. The van der Waals surface area contributed by atoms with Gasteiger partial charge in [0.2, 0.25) is 0 Å². The van der Waals surface area contributed by atoms with Gasteiger partial charge in [0.05, 0.1) is 18.2 Å². The van der Waals surface area contributed by atoms with E-state index in [0.717, 1.165) is 5.69 Å². The molecule has 0 bridgehead atoms. The molecule has 0 aliphatic heterocycles. The third kappa shape index (κ3) is 1.95. The Morgan fingerprint density at radius 3 is 3.00 bits per heavy atom. The van der Waals surface area contributed by atoms with Crippen LogP contribution in [0.3, 0.4) is 0 Å². The van der Waals surface area contributed by atoms with Gasteiger partial charge in [-0.25, -0.2) is 4.98 Å². The van der Waals surface area contributed by atoms with Crippen LogP contribution in [0.25, 0.3) is 6.08 Å². The molecule has 0 fully saturated rings. The van der Waals surface area contributed by atoms with Crippen molar-refractivity contribution in [3.63, 3.8) is 0 Å². The van der Waals surface area contributed by atoms with Crippen molar-refractivity contribution >= 4 is 6.08 Å². The number of nitrogens with zero attached hydrogens (tertiary/aromatic N) is 2. The van der Waals surface area contributed by atoms with Gasteiger partial charge in [-0.05, 0) is 19.9 Å². The third-order valence-electron chi connectivity index (χ3n) is 1.68. The molecule has 1 aromatic heterocycles. The zero-order valence-corrected chi connectivity index (χ0v) is 7.57. The van der Waals surface area contributed by atoms with Crippen LogP contribution in [0.5, 0.6) is 0 Å². The molecule has 12 heavy (non-hydrogen) atoms. The molecule has 0 unspecified atom stereocenters. The second-order valence-corrected chi connectivity index (χ2v) is 2.96. The van der Waals surface area contributed by atoms with Gasteiger partial charge in [0.15, 0.2) is 0 Å². The monoisotopic (exact) mass is 165 g/mol. The van der Waals surface area contributed by atoms with Crippen molar-refractivity contribution in [1.82, 2.24) is 9.55 Å². The number of hydrogen-bond acceptors (Lipinski definition) is 2. The average molecular weight is 165 g/mol. The van der Waals surface area contributed by atoms with Crippen LogP contribution in [0.15, 0.2) is 18.6 Å². The Bertz CT molecular complexity index is 260. The van der Waals surface area contributed by atoms with E-state index in [2.05, 4.69) is 23.4 Å². The molecule has 0 aromatic carbocycles. The number of imidazole rings is 1. The average Bonchev–Trinajstić information content (AvgIpc) is 2.48. The van der Waals surface area contributed by atoms with Gasteiger partial charge in [-0.2, -0.15) is 0 Å². The second-order valence-electron chi connectivity index (χ2n) is 2.96. The molecule has 66 valence electrons. The van der Waals surface area contributed by atoms with E-state index in [1.54, 1.807) is 0 Å². The van der Waals surface area contributed by atoms with Crippen LogP contribution in [0.4, 0.5) is 0 Å². The minimum absolute atomic E-state index is 0.449. The molecule has 1 heterocycles. The minimum atomic E-state index is 0.449. The van der Waals surface area contributed by atoms with E-state index >= 15 is 0 Å². The maximum Gasteiger partial charge on any atom is 0.0953 e. The van der Waals surface area contributed by atoms with Crippen molar-refractivity contribution in [3.05, 3.63) is 24.3 Å². The van der Waals surface area contributed by atoms with Gasteiger partial charge >= 0.3 is 0 Å². The lowest BCUT2D eigenvalue weighted by Crippen LogP contribution is -2.01. The summed E-state index contributed by atoms with van der Waals surface area (Å²) in [7, 11) is 0. The Morgan fingerprint density at radius 1 is 1.67 bits per heavy atom. The van der Waals surface area contributed by atoms with E-state index in [1.807, 2.05) is 24.7 Å². The zero-order chi connectivity index (χ0) is 8.97. The molecule has 0 aliphatic carbocycles. The molecule has 1 aromatic rings. The van der Waals surface area contributed by atoms with E-state index in [4.69, 9.17) is 5.73 Å². The highest BCUT2D eigenvalue weighted by Gasteiger charge is 2.00. The highest BCUT2D eigenvalue weighted by atomic mass is 15.1. The molecule has 0 spiro atoms. The Labute approximate surface area is 72.9 Å².